The molecule has 0 spiro atoms. The lowest BCUT2D eigenvalue weighted by atomic mass is 9.84. The third-order valence-corrected chi connectivity index (χ3v) is 19.6. The van der Waals surface area contributed by atoms with Gasteiger partial charge in [0.1, 0.15) is 98.7 Å². The first-order chi connectivity index (χ1) is 45.8. The van der Waals surface area contributed by atoms with E-state index in [0.29, 0.717) is 19.3 Å². The van der Waals surface area contributed by atoms with E-state index in [1.807, 2.05) is 0 Å². The fraction of sp³-hybridized carbons (Fsp3) is 0.957. The van der Waals surface area contributed by atoms with E-state index in [-0.39, 0.29) is 19.3 Å². The van der Waals surface area contributed by atoms with E-state index in [1.165, 1.54) is 141 Å². The van der Waals surface area contributed by atoms with Crippen molar-refractivity contribution in [3.8, 4) is 0 Å². The Morgan fingerprint density at radius 1 is 0.368 bits per heavy atom. The SMILES string of the molecule is CCCCCCCCCCCCCCCCCCC(=O)OCC1OC(OC2C(O)C(O)C(O)C(OC3OC(CO)C(O)C(O)C3O)C2OP(=O)(O)OCC(COC(=O)CCCCCCCCCCCCC)OC(=O)CCCCCCCCCCCCCCC)C(O)C(O)C1O. The topological polar surface area (TPSA) is 374 Å². The minimum absolute atomic E-state index is 0.0336. The quantitative estimate of drug-likeness (QED) is 0.0117. The minimum Gasteiger partial charge on any atom is -0.463 e. The Kier molecular flexibility index (Phi) is 48.5. The molecular weight excluding hydrogens is 1260 g/mol. The average molecular weight is 1390 g/mol. The van der Waals surface area contributed by atoms with Gasteiger partial charge < -0.3 is 89.1 Å². The van der Waals surface area contributed by atoms with E-state index < -0.39 is 156 Å². The Balaban J connectivity index is 1.73. The second kappa shape index (κ2) is 52.9. The number of aliphatic hydroxyl groups is 10. The van der Waals surface area contributed by atoms with Gasteiger partial charge in [0.05, 0.1) is 13.2 Å². The molecule has 2 heterocycles. The molecule has 3 aliphatic rings. The van der Waals surface area contributed by atoms with Crippen molar-refractivity contribution >= 4 is 25.7 Å². The number of hydrogen-bond donors (Lipinski definition) is 11. The summed E-state index contributed by atoms with van der Waals surface area (Å²) in [4.78, 5) is 50.9. The molecule has 1 saturated carbocycles. The van der Waals surface area contributed by atoms with Gasteiger partial charge in [-0.3, -0.25) is 23.4 Å². The monoisotopic (exact) mass is 1390 g/mol. The third kappa shape index (κ3) is 36.4. The normalized spacial score (nSPS) is 28.1. The van der Waals surface area contributed by atoms with E-state index in [4.69, 9.17) is 42.2 Å². The zero-order valence-electron chi connectivity index (χ0n) is 58.2. The van der Waals surface area contributed by atoms with Gasteiger partial charge in [0, 0.05) is 19.3 Å². The van der Waals surface area contributed by atoms with E-state index in [1.54, 1.807) is 0 Å². The number of ether oxygens (including phenoxy) is 7. The summed E-state index contributed by atoms with van der Waals surface area (Å²) < 4.78 is 64.9. The summed E-state index contributed by atoms with van der Waals surface area (Å²) >= 11 is 0. The highest BCUT2D eigenvalue weighted by molar-refractivity contribution is 7.47. The van der Waals surface area contributed by atoms with E-state index in [2.05, 4.69) is 20.8 Å². The Labute approximate surface area is 568 Å². The van der Waals surface area contributed by atoms with Crippen LogP contribution in [0, 0.1) is 0 Å². The third-order valence-electron chi connectivity index (χ3n) is 18.6. The maximum absolute atomic E-state index is 14.3. The zero-order chi connectivity index (χ0) is 69.6. The first-order valence-electron chi connectivity index (χ1n) is 37.3. The van der Waals surface area contributed by atoms with Crippen LogP contribution < -0.4 is 0 Å². The van der Waals surface area contributed by atoms with E-state index in [0.717, 1.165) is 96.3 Å². The van der Waals surface area contributed by atoms with Gasteiger partial charge in [0.2, 0.25) is 0 Å². The lowest BCUT2D eigenvalue weighted by molar-refractivity contribution is -0.360. The van der Waals surface area contributed by atoms with Crippen molar-refractivity contribution < 1.29 is 117 Å². The van der Waals surface area contributed by atoms with Gasteiger partial charge in [-0.2, -0.15) is 0 Å². The molecule has 18 atom stereocenters. The summed E-state index contributed by atoms with van der Waals surface area (Å²) in [6.45, 7) is 3.45. The van der Waals surface area contributed by atoms with Crippen molar-refractivity contribution in [2.24, 2.45) is 0 Å². The molecule has 18 unspecified atom stereocenters. The summed E-state index contributed by atoms with van der Waals surface area (Å²) in [6, 6.07) is 0. The maximum Gasteiger partial charge on any atom is 0.472 e. The molecule has 2 saturated heterocycles. The lowest BCUT2D eigenvalue weighted by Gasteiger charge is -2.49. The second-order valence-electron chi connectivity index (χ2n) is 27.0. The number of hydrogen-bond acceptors (Lipinski definition) is 23. The van der Waals surface area contributed by atoms with Crippen LogP contribution in [0.3, 0.4) is 0 Å². The molecule has 0 aromatic carbocycles. The summed E-state index contributed by atoms with van der Waals surface area (Å²) in [5.74, 6) is -1.98. The van der Waals surface area contributed by atoms with Crippen LogP contribution in [-0.4, -0.2) is 204 Å². The highest BCUT2D eigenvalue weighted by atomic mass is 31.2. The molecule has 0 radical (unpaired) electrons. The fourth-order valence-corrected chi connectivity index (χ4v) is 13.5. The minimum atomic E-state index is -5.69. The molecule has 24 nitrogen and oxygen atoms in total. The van der Waals surface area contributed by atoms with Gasteiger partial charge in [-0.15, -0.1) is 0 Å². The standard InChI is InChI=1S/C70H131O24P/c1-4-7-10-13-16-19-22-24-25-26-28-30-33-36-39-42-45-55(73)87-50-53-58(76)60(78)65(83)70(91-53)93-67-63(81)61(79)62(80)66(92-69-64(82)59(77)57(75)52(47-71)90-69)68(67)94-95(84,85)88-49-51(48-86-54(72)44-41-38-35-32-29-21-18-15-12-9-6-3)89-56(74)46-43-40-37-34-31-27-23-20-17-14-11-8-5-2/h51-53,57-71,75-83H,4-50H2,1-3H3,(H,84,85). The molecule has 0 bridgehead atoms. The van der Waals surface area contributed by atoms with Gasteiger partial charge in [-0.1, -0.05) is 258 Å². The van der Waals surface area contributed by atoms with E-state index >= 15 is 0 Å². The number of phosphoric ester groups is 1. The molecular formula is C70H131O24P. The molecule has 95 heavy (non-hydrogen) atoms. The molecule has 25 heteroatoms. The maximum atomic E-state index is 14.3. The number of esters is 3. The Hall–Kier alpha value is -2.04. The van der Waals surface area contributed by atoms with Gasteiger partial charge in [-0.05, 0) is 19.3 Å². The second-order valence-corrected chi connectivity index (χ2v) is 28.4. The predicted molar refractivity (Wildman–Crippen MR) is 356 cm³/mol. The zero-order valence-corrected chi connectivity index (χ0v) is 59.1. The Morgan fingerprint density at radius 3 is 1.03 bits per heavy atom. The number of carbonyl (C=O) groups excluding carboxylic acids is 3. The van der Waals surface area contributed by atoms with Crippen molar-refractivity contribution in [2.45, 2.75) is 401 Å². The highest BCUT2D eigenvalue weighted by Gasteiger charge is 2.58. The number of rotatable bonds is 58. The van der Waals surface area contributed by atoms with Crippen molar-refractivity contribution in [2.75, 3.05) is 26.4 Å². The van der Waals surface area contributed by atoms with Crippen molar-refractivity contribution in [1.82, 2.24) is 0 Å². The molecule has 11 N–H and O–H groups in total. The average Bonchev–Trinajstić information content (AvgIpc) is 0.764. The molecule has 2 aliphatic heterocycles. The molecule has 1 aliphatic carbocycles. The summed E-state index contributed by atoms with van der Waals surface area (Å²) in [5, 5.41) is 110. The number of carbonyl (C=O) groups is 3. The van der Waals surface area contributed by atoms with Crippen molar-refractivity contribution in [3.63, 3.8) is 0 Å². The van der Waals surface area contributed by atoms with Gasteiger partial charge in [0.25, 0.3) is 0 Å². The van der Waals surface area contributed by atoms with Crippen LogP contribution in [0.1, 0.15) is 297 Å². The van der Waals surface area contributed by atoms with Crippen LogP contribution in [0.2, 0.25) is 0 Å². The highest BCUT2D eigenvalue weighted by Crippen LogP contribution is 2.49. The molecule has 560 valence electrons. The van der Waals surface area contributed by atoms with Crippen molar-refractivity contribution in [3.05, 3.63) is 0 Å². The Morgan fingerprint density at radius 2 is 0.674 bits per heavy atom. The van der Waals surface area contributed by atoms with Crippen LogP contribution in [0.25, 0.3) is 0 Å². The predicted octanol–water partition coefficient (Wildman–Crippen LogP) is 9.79. The molecule has 0 aromatic heterocycles. The smallest absolute Gasteiger partial charge is 0.463 e. The van der Waals surface area contributed by atoms with Crippen LogP contribution in [0.15, 0.2) is 0 Å². The Bertz CT molecular complexity index is 1980. The molecule has 3 rings (SSSR count). The molecule has 0 aromatic rings. The van der Waals surface area contributed by atoms with Crippen LogP contribution >= 0.6 is 7.82 Å². The lowest BCUT2D eigenvalue weighted by Crippen LogP contribution is -2.69. The summed E-state index contributed by atoms with van der Waals surface area (Å²) in [6.07, 6.45) is 8.96. The summed E-state index contributed by atoms with van der Waals surface area (Å²) in [5.41, 5.74) is 0. The van der Waals surface area contributed by atoms with Crippen LogP contribution in [-0.2, 0) is 61.2 Å². The van der Waals surface area contributed by atoms with Gasteiger partial charge in [0.15, 0.2) is 18.7 Å². The fourth-order valence-electron chi connectivity index (χ4n) is 12.5. The first-order valence-corrected chi connectivity index (χ1v) is 38.8. The molecule has 3 fully saturated rings. The van der Waals surface area contributed by atoms with Crippen LogP contribution in [0.4, 0.5) is 0 Å². The number of aliphatic hydroxyl groups excluding tert-OH is 10. The largest absolute Gasteiger partial charge is 0.472 e. The molecule has 0 amide bonds. The van der Waals surface area contributed by atoms with Gasteiger partial charge >= 0.3 is 25.7 Å². The van der Waals surface area contributed by atoms with E-state index in [9.17, 15) is 74.9 Å². The summed E-state index contributed by atoms with van der Waals surface area (Å²) in [7, 11) is -5.69. The van der Waals surface area contributed by atoms with Crippen LogP contribution in [0.5, 0.6) is 0 Å². The first kappa shape index (κ1) is 87.2. The number of phosphoric acid groups is 1. The van der Waals surface area contributed by atoms with Crippen molar-refractivity contribution in [1.29, 1.82) is 0 Å². The van der Waals surface area contributed by atoms with Gasteiger partial charge in [-0.25, -0.2) is 4.57 Å². The number of unbranched alkanes of at least 4 members (excludes halogenated alkanes) is 37.